The number of nitrogens with zero attached hydrogens (tertiary/aromatic N) is 2. The second-order valence-electron chi connectivity index (χ2n) is 4.61. The van der Waals surface area contributed by atoms with Crippen LogP contribution in [0.4, 0.5) is 0 Å². The van der Waals surface area contributed by atoms with Gasteiger partial charge in [-0.25, -0.2) is 0 Å². The monoisotopic (exact) mass is 212 g/mol. The minimum atomic E-state index is -0.260. The molecule has 86 valence electrons. The molecular formula is C11H20N2O2. The van der Waals surface area contributed by atoms with Gasteiger partial charge >= 0.3 is 0 Å². The van der Waals surface area contributed by atoms with Crippen molar-refractivity contribution in [2.24, 2.45) is 5.41 Å². The highest BCUT2D eigenvalue weighted by Crippen LogP contribution is 2.30. The van der Waals surface area contributed by atoms with Crippen molar-refractivity contribution in [1.82, 2.24) is 9.80 Å². The van der Waals surface area contributed by atoms with Gasteiger partial charge in [-0.1, -0.05) is 0 Å². The molecule has 1 rings (SSSR count). The molecule has 0 N–H and O–H groups in total. The molecule has 1 aliphatic rings. The summed E-state index contributed by atoms with van der Waals surface area (Å²) < 4.78 is 0. The molecular weight excluding hydrogens is 192 g/mol. The summed E-state index contributed by atoms with van der Waals surface area (Å²) in [6.07, 6.45) is 0. The van der Waals surface area contributed by atoms with Gasteiger partial charge in [0.2, 0.25) is 11.8 Å². The molecule has 1 fully saturated rings. The molecule has 0 radical (unpaired) electrons. The van der Waals surface area contributed by atoms with Crippen molar-refractivity contribution in [2.45, 2.75) is 27.7 Å². The number of carbonyl (C=O) groups is 2. The van der Waals surface area contributed by atoms with Crippen LogP contribution in [-0.4, -0.2) is 47.8 Å². The first kappa shape index (κ1) is 12.0. The summed E-state index contributed by atoms with van der Waals surface area (Å²) in [6.45, 7) is 10.1. The average Bonchev–Trinajstić information content (AvgIpc) is 2.18. The second-order valence-corrected chi connectivity index (χ2v) is 4.61. The topological polar surface area (TPSA) is 40.6 Å². The molecule has 0 unspecified atom stereocenters. The largest absolute Gasteiger partial charge is 0.342 e. The summed E-state index contributed by atoms with van der Waals surface area (Å²) in [5.74, 6) is 0.131. The first-order valence-electron chi connectivity index (χ1n) is 5.49. The Bertz CT molecular complexity index is 270. The van der Waals surface area contributed by atoms with Crippen molar-refractivity contribution in [3.8, 4) is 0 Å². The Morgan fingerprint density at radius 1 is 1.40 bits per heavy atom. The third-order valence-electron chi connectivity index (χ3n) is 2.89. The summed E-state index contributed by atoms with van der Waals surface area (Å²) in [5.41, 5.74) is -0.260. The predicted octanol–water partition coefficient (Wildman–Crippen LogP) is 0.723. The van der Waals surface area contributed by atoms with Crippen LogP contribution >= 0.6 is 0 Å². The highest BCUT2D eigenvalue weighted by Gasteiger charge is 2.44. The first-order chi connectivity index (χ1) is 6.92. The maximum absolute atomic E-state index is 11.7. The van der Waals surface area contributed by atoms with Gasteiger partial charge in [0.1, 0.15) is 0 Å². The molecule has 0 aromatic heterocycles. The number of rotatable bonds is 4. The third-order valence-corrected chi connectivity index (χ3v) is 2.89. The lowest BCUT2D eigenvalue weighted by atomic mass is 9.83. The molecule has 1 aliphatic heterocycles. The average molecular weight is 212 g/mol. The van der Waals surface area contributed by atoms with Crippen LogP contribution in [-0.2, 0) is 9.59 Å². The summed E-state index contributed by atoms with van der Waals surface area (Å²) in [4.78, 5) is 26.6. The molecule has 0 bridgehead atoms. The van der Waals surface area contributed by atoms with Gasteiger partial charge in [-0.05, 0) is 27.7 Å². The highest BCUT2D eigenvalue weighted by molar-refractivity contribution is 5.92. The maximum atomic E-state index is 11.7. The van der Waals surface area contributed by atoms with E-state index in [9.17, 15) is 9.59 Å². The maximum Gasteiger partial charge on any atom is 0.242 e. The molecule has 0 aromatic carbocycles. The molecule has 0 aromatic rings. The predicted molar refractivity (Wildman–Crippen MR) is 58.3 cm³/mol. The number of hydrogen-bond acceptors (Lipinski definition) is 2. The van der Waals surface area contributed by atoms with Gasteiger partial charge < -0.3 is 9.80 Å². The van der Waals surface area contributed by atoms with Crippen LogP contribution in [0.3, 0.4) is 0 Å². The number of carbonyl (C=O) groups excluding carboxylic acids is 2. The van der Waals surface area contributed by atoms with Crippen molar-refractivity contribution in [1.29, 1.82) is 0 Å². The van der Waals surface area contributed by atoms with E-state index < -0.39 is 0 Å². The molecule has 2 amide bonds. The van der Waals surface area contributed by atoms with Crippen molar-refractivity contribution in [3.05, 3.63) is 0 Å². The zero-order valence-corrected chi connectivity index (χ0v) is 10.0. The highest BCUT2D eigenvalue weighted by atomic mass is 16.2. The van der Waals surface area contributed by atoms with Gasteiger partial charge in [0.05, 0.1) is 12.0 Å². The fourth-order valence-electron chi connectivity index (χ4n) is 1.92. The summed E-state index contributed by atoms with van der Waals surface area (Å²) >= 11 is 0. The number of likely N-dealkylation sites (N-methyl/N-ethyl adjacent to an activating group) is 1. The number of β-lactam (4-membered cyclic amide) rings is 1. The minimum Gasteiger partial charge on any atom is -0.342 e. The summed E-state index contributed by atoms with van der Waals surface area (Å²) in [5, 5.41) is 0. The Balaban J connectivity index is 2.45. The van der Waals surface area contributed by atoms with Gasteiger partial charge in [-0.15, -0.1) is 0 Å². The number of hydrogen-bond donors (Lipinski definition) is 0. The summed E-state index contributed by atoms with van der Waals surface area (Å²) in [7, 11) is 0. The smallest absolute Gasteiger partial charge is 0.242 e. The van der Waals surface area contributed by atoms with E-state index in [-0.39, 0.29) is 23.8 Å². The van der Waals surface area contributed by atoms with Gasteiger partial charge in [-0.2, -0.15) is 0 Å². The number of amides is 2. The van der Waals surface area contributed by atoms with E-state index in [1.807, 2.05) is 27.7 Å². The fraction of sp³-hybridized carbons (Fsp3) is 0.818. The van der Waals surface area contributed by atoms with Crippen LogP contribution in [0.25, 0.3) is 0 Å². The Labute approximate surface area is 91.2 Å². The van der Waals surface area contributed by atoms with Crippen molar-refractivity contribution in [3.63, 3.8) is 0 Å². The molecule has 4 heteroatoms. The van der Waals surface area contributed by atoms with Gasteiger partial charge in [0.15, 0.2) is 0 Å². The van der Waals surface area contributed by atoms with E-state index in [2.05, 4.69) is 0 Å². The summed E-state index contributed by atoms with van der Waals surface area (Å²) in [6, 6.07) is 0. The lowest BCUT2D eigenvalue weighted by Gasteiger charge is -2.44. The van der Waals surface area contributed by atoms with E-state index in [1.54, 1.807) is 9.80 Å². The first-order valence-corrected chi connectivity index (χ1v) is 5.49. The lowest BCUT2D eigenvalue weighted by molar-refractivity contribution is -0.160. The second kappa shape index (κ2) is 4.21. The Morgan fingerprint density at radius 3 is 2.27 bits per heavy atom. The molecule has 15 heavy (non-hydrogen) atoms. The zero-order valence-electron chi connectivity index (χ0n) is 10.0. The van der Waals surface area contributed by atoms with Crippen molar-refractivity contribution >= 4 is 11.8 Å². The molecule has 0 spiro atoms. The van der Waals surface area contributed by atoms with Gasteiger partial charge in [-0.3, -0.25) is 9.59 Å². The standard InChI is InChI=1S/C11H20N2O2/c1-5-12(6-2)9(14)7-13-8-11(3,4)10(13)15/h5-8H2,1-4H3. The zero-order chi connectivity index (χ0) is 11.6. The molecule has 4 nitrogen and oxygen atoms in total. The van der Waals surface area contributed by atoms with Crippen LogP contribution in [0, 0.1) is 5.41 Å². The van der Waals surface area contributed by atoms with Crippen molar-refractivity contribution < 1.29 is 9.59 Å². The van der Waals surface area contributed by atoms with Gasteiger partial charge in [0, 0.05) is 19.6 Å². The Hall–Kier alpha value is -1.06. The quantitative estimate of drug-likeness (QED) is 0.644. The van der Waals surface area contributed by atoms with Crippen molar-refractivity contribution in [2.75, 3.05) is 26.2 Å². The van der Waals surface area contributed by atoms with Crippen LogP contribution in [0.5, 0.6) is 0 Å². The van der Waals surface area contributed by atoms with Crippen LogP contribution < -0.4 is 0 Å². The van der Waals surface area contributed by atoms with Crippen LogP contribution in [0.2, 0.25) is 0 Å². The van der Waals surface area contributed by atoms with E-state index in [0.717, 1.165) is 0 Å². The van der Waals surface area contributed by atoms with Crippen LogP contribution in [0.15, 0.2) is 0 Å². The molecule has 1 heterocycles. The molecule has 1 saturated heterocycles. The van der Waals surface area contributed by atoms with E-state index >= 15 is 0 Å². The lowest BCUT2D eigenvalue weighted by Crippen LogP contribution is -2.60. The normalized spacial score (nSPS) is 18.7. The molecule has 0 aliphatic carbocycles. The molecule has 0 saturated carbocycles. The molecule has 0 atom stereocenters. The third kappa shape index (κ3) is 2.30. The van der Waals surface area contributed by atoms with E-state index in [4.69, 9.17) is 0 Å². The van der Waals surface area contributed by atoms with Crippen LogP contribution in [0.1, 0.15) is 27.7 Å². The SMILES string of the molecule is CCN(CC)C(=O)CN1CC(C)(C)C1=O. The Morgan fingerprint density at radius 2 is 1.93 bits per heavy atom. The fourth-order valence-corrected chi connectivity index (χ4v) is 1.92. The van der Waals surface area contributed by atoms with E-state index in [1.165, 1.54) is 0 Å². The van der Waals surface area contributed by atoms with Gasteiger partial charge in [0.25, 0.3) is 0 Å². The minimum absolute atomic E-state index is 0.0452. The van der Waals surface area contributed by atoms with E-state index in [0.29, 0.717) is 19.6 Å². The Kier molecular flexibility index (Phi) is 3.37. The number of likely N-dealkylation sites (tertiary alicyclic amines) is 1.